The normalized spacial score (nSPS) is 9.85. The summed E-state index contributed by atoms with van der Waals surface area (Å²) >= 11 is 11.8. The van der Waals surface area contributed by atoms with Crippen molar-refractivity contribution in [2.45, 2.75) is 0 Å². The van der Waals surface area contributed by atoms with Crippen molar-refractivity contribution in [1.82, 2.24) is 0 Å². The van der Waals surface area contributed by atoms with Crippen LogP contribution in [0.15, 0.2) is 42.5 Å². The maximum Gasteiger partial charge on any atom is 0.139 e. The Morgan fingerprint density at radius 1 is 1.00 bits per heavy atom. The van der Waals surface area contributed by atoms with Crippen LogP contribution < -0.4 is 9.47 Å². The van der Waals surface area contributed by atoms with E-state index in [0.29, 0.717) is 40.3 Å². The van der Waals surface area contributed by atoms with Crippen LogP contribution in [0.3, 0.4) is 0 Å². The first-order valence-corrected chi connectivity index (χ1v) is 6.65. The second kappa shape index (κ2) is 7.04. The number of benzene rings is 2. The smallest absolute Gasteiger partial charge is 0.139 e. The van der Waals surface area contributed by atoms with E-state index in [9.17, 15) is 0 Å². The summed E-state index contributed by atoms with van der Waals surface area (Å²) in [5.74, 6) is 1.15. The van der Waals surface area contributed by atoms with Crippen molar-refractivity contribution in [2.75, 3.05) is 13.2 Å². The Morgan fingerprint density at radius 2 is 1.80 bits per heavy atom. The lowest BCUT2D eigenvalue weighted by atomic mass is 10.2. The molecule has 0 fully saturated rings. The number of hydrogen-bond donors (Lipinski definition) is 0. The summed E-state index contributed by atoms with van der Waals surface area (Å²) in [6.45, 7) is 0.675. The Bertz CT molecular complexity index is 638. The minimum Gasteiger partial charge on any atom is -0.490 e. The molecule has 2 aromatic carbocycles. The van der Waals surface area contributed by atoms with E-state index < -0.39 is 0 Å². The maximum absolute atomic E-state index is 8.78. The van der Waals surface area contributed by atoms with Gasteiger partial charge in [-0.2, -0.15) is 5.26 Å². The summed E-state index contributed by atoms with van der Waals surface area (Å²) in [5.41, 5.74) is 0.557. The summed E-state index contributed by atoms with van der Waals surface area (Å²) in [6, 6.07) is 14.0. The summed E-state index contributed by atoms with van der Waals surface area (Å²) in [5, 5.41) is 9.84. The van der Waals surface area contributed by atoms with E-state index in [1.807, 2.05) is 0 Å². The minimum atomic E-state index is 0.330. The molecule has 0 saturated carbocycles. The van der Waals surface area contributed by atoms with Crippen molar-refractivity contribution < 1.29 is 9.47 Å². The van der Waals surface area contributed by atoms with Crippen LogP contribution in [0.4, 0.5) is 0 Å². The predicted octanol–water partition coefficient (Wildman–Crippen LogP) is 4.32. The molecular formula is C15H11Cl2NO2. The molecule has 102 valence electrons. The van der Waals surface area contributed by atoms with Crippen molar-refractivity contribution in [2.24, 2.45) is 0 Å². The Morgan fingerprint density at radius 3 is 2.60 bits per heavy atom. The molecule has 5 heteroatoms. The second-order valence-corrected chi connectivity index (χ2v) is 4.75. The van der Waals surface area contributed by atoms with Crippen molar-refractivity contribution in [3.8, 4) is 17.6 Å². The van der Waals surface area contributed by atoms with Gasteiger partial charge >= 0.3 is 0 Å². The summed E-state index contributed by atoms with van der Waals surface area (Å²) in [4.78, 5) is 0. The predicted molar refractivity (Wildman–Crippen MR) is 78.6 cm³/mol. The molecule has 3 nitrogen and oxygen atoms in total. The van der Waals surface area contributed by atoms with Gasteiger partial charge in [-0.3, -0.25) is 0 Å². The number of ether oxygens (including phenoxy) is 2. The zero-order valence-corrected chi connectivity index (χ0v) is 12.0. The molecule has 0 atom stereocenters. The lowest BCUT2D eigenvalue weighted by molar-refractivity contribution is 0.217. The highest BCUT2D eigenvalue weighted by atomic mass is 35.5. The van der Waals surface area contributed by atoms with Crippen LogP contribution in [0, 0.1) is 11.3 Å². The summed E-state index contributed by atoms with van der Waals surface area (Å²) in [6.07, 6.45) is 0. The van der Waals surface area contributed by atoms with Gasteiger partial charge in [0, 0.05) is 11.1 Å². The molecule has 0 amide bonds. The number of nitriles is 1. The highest BCUT2D eigenvalue weighted by Crippen LogP contribution is 2.27. The van der Waals surface area contributed by atoms with Gasteiger partial charge in [0.25, 0.3) is 0 Å². The van der Waals surface area contributed by atoms with Gasteiger partial charge in [0.15, 0.2) is 0 Å². The standard InChI is InChI=1S/C15H11Cl2NO2/c16-12-4-5-14(17)15(9-12)20-7-6-19-13-3-1-2-11(8-13)10-18/h1-5,8-9H,6-7H2. The van der Waals surface area contributed by atoms with Gasteiger partial charge in [-0.1, -0.05) is 29.3 Å². The molecular weight excluding hydrogens is 297 g/mol. The Hall–Kier alpha value is -1.89. The Kier molecular flexibility index (Phi) is 5.11. The van der Waals surface area contributed by atoms with E-state index >= 15 is 0 Å². The summed E-state index contributed by atoms with van der Waals surface area (Å²) < 4.78 is 11.0. The second-order valence-electron chi connectivity index (χ2n) is 3.91. The average molecular weight is 308 g/mol. The first-order valence-electron chi connectivity index (χ1n) is 5.90. The molecule has 2 aromatic rings. The van der Waals surface area contributed by atoms with Gasteiger partial charge in [0.2, 0.25) is 0 Å². The van der Waals surface area contributed by atoms with Gasteiger partial charge in [-0.05, 0) is 30.3 Å². The molecule has 2 rings (SSSR count). The largest absolute Gasteiger partial charge is 0.490 e. The molecule has 0 aliphatic carbocycles. The van der Waals surface area contributed by atoms with Gasteiger partial charge in [0.05, 0.1) is 16.7 Å². The van der Waals surface area contributed by atoms with Crippen LogP contribution in [0.25, 0.3) is 0 Å². The van der Waals surface area contributed by atoms with E-state index in [4.69, 9.17) is 37.9 Å². The van der Waals surface area contributed by atoms with Crippen molar-refractivity contribution >= 4 is 23.2 Å². The zero-order valence-electron chi connectivity index (χ0n) is 10.5. The minimum absolute atomic E-state index is 0.330. The monoisotopic (exact) mass is 307 g/mol. The molecule has 0 unspecified atom stereocenters. The van der Waals surface area contributed by atoms with Gasteiger partial charge in [-0.25, -0.2) is 0 Å². The van der Waals surface area contributed by atoms with Crippen molar-refractivity contribution in [3.63, 3.8) is 0 Å². The van der Waals surface area contributed by atoms with E-state index in [0.717, 1.165) is 0 Å². The fourth-order valence-electron chi connectivity index (χ4n) is 1.55. The van der Waals surface area contributed by atoms with Crippen LogP contribution in [0.2, 0.25) is 10.0 Å². The third-order valence-electron chi connectivity index (χ3n) is 2.47. The highest BCUT2D eigenvalue weighted by molar-refractivity contribution is 6.34. The van der Waals surface area contributed by atoms with Gasteiger partial charge < -0.3 is 9.47 Å². The molecule has 0 radical (unpaired) electrons. The molecule has 0 saturated heterocycles. The van der Waals surface area contributed by atoms with Gasteiger partial charge in [0.1, 0.15) is 24.7 Å². The van der Waals surface area contributed by atoms with Crippen LogP contribution in [0.5, 0.6) is 11.5 Å². The van der Waals surface area contributed by atoms with E-state index in [2.05, 4.69) is 6.07 Å². The molecule has 0 N–H and O–H groups in total. The molecule has 0 aromatic heterocycles. The quantitative estimate of drug-likeness (QED) is 0.772. The summed E-state index contributed by atoms with van der Waals surface area (Å²) in [7, 11) is 0. The van der Waals surface area contributed by atoms with E-state index in [1.54, 1.807) is 42.5 Å². The Labute approximate surface area is 127 Å². The van der Waals surface area contributed by atoms with Crippen LogP contribution >= 0.6 is 23.2 Å². The fraction of sp³-hybridized carbons (Fsp3) is 0.133. The first-order chi connectivity index (χ1) is 9.69. The van der Waals surface area contributed by atoms with E-state index in [-0.39, 0.29) is 0 Å². The fourth-order valence-corrected chi connectivity index (χ4v) is 1.89. The lowest BCUT2D eigenvalue weighted by Gasteiger charge is -2.10. The average Bonchev–Trinajstić information content (AvgIpc) is 2.47. The SMILES string of the molecule is N#Cc1cccc(OCCOc2cc(Cl)ccc2Cl)c1. The van der Waals surface area contributed by atoms with Crippen LogP contribution in [0.1, 0.15) is 5.56 Å². The Balaban J connectivity index is 1.84. The molecule has 20 heavy (non-hydrogen) atoms. The third kappa shape index (κ3) is 4.06. The number of nitrogens with zero attached hydrogens (tertiary/aromatic N) is 1. The number of halogens is 2. The van der Waals surface area contributed by atoms with Gasteiger partial charge in [-0.15, -0.1) is 0 Å². The first kappa shape index (κ1) is 14.5. The number of hydrogen-bond acceptors (Lipinski definition) is 3. The van der Waals surface area contributed by atoms with Crippen molar-refractivity contribution in [3.05, 3.63) is 58.1 Å². The third-order valence-corrected chi connectivity index (χ3v) is 3.01. The van der Waals surface area contributed by atoms with Crippen LogP contribution in [-0.2, 0) is 0 Å². The molecule has 0 aliphatic rings. The lowest BCUT2D eigenvalue weighted by Crippen LogP contribution is -2.09. The highest BCUT2D eigenvalue weighted by Gasteiger charge is 2.02. The topological polar surface area (TPSA) is 42.2 Å². The molecule has 0 aliphatic heterocycles. The zero-order chi connectivity index (χ0) is 14.4. The molecule has 0 bridgehead atoms. The van der Waals surface area contributed by atoms with Crippen LogP contribution in [-0.4, -0.2) is 13.2 Å². The number of rotatable bonds is 5. The maximum atomic E-state index is 8.78. The van der Waals surface area contributed by atoms with E-state index in [1.165, 1.54) is 0 Å². The molecule has 0 spiro atoms. The van der Waals surface area contributed by atoms with Crippen molar-refractivity contribution in [1.29, 1.82) is 5.26 Å². The molecule has 0 heterocycles.